The molecular formula is C26H28F3N6O6P. The number of fused-ring (bicyclic) bond motifs is 1. The van der Waals surface area contributed by atoms with Gasteiger partial charge >= 0.3 is 13.8 Å². The zero-order valence-electron chi connectivity index (χ0n) is 22.3. The van der Waals surface area contributed by atoms with E-state index < -0.39 is 37.3 Å². The number of aliphatic hydroxyl groups excluding tert-OH is 1. The predicted octanol–water partition coefficient (Wildman–Crippen LogP) is 3.79. The zero-order chi connectivity index (χ0) is 30.4. The Morgan fingerprint density at radius 1 is 1.14 bits per heavy atom. The van der Waals surface area contributed by atoms with Gasteiger partial charge in [0.25, 0.3) is 11.9 Å². The molecule has 5 rings (SSSR count). The van der Waals surface area contributed by atoms with Crippen LogP contribution in [0.2, 0.25) is 0 Å². The fraction of sp³-hybridized carbons (Fsp3) is 0.385. The molecule has 0 spiro atoms. The van der Waals surface area contributed by atoms with Gasteiger partial charge in [-0.1, -0.05) is 12.1 Å². The first-order chi connectivity index (χ1) is 19.7. The van der Waals surface area contributed by atoms with Gasteiger partial charge < -0.3 is 30.3 Å². The van der Waals surface area contributed by atoms with Crippen LogP contribution in [0.1, 0.15) is 64.2 Å². The van der Waals surface area contributed by atoms with Crippen molar-refractivity contribution < 1.29 is 42.6 Å². The number of hydrogen-bond donors (Lipinski definition) is 5. The molecule has 1 saturated carbocycles. The van der Waals surface area contributed by atoms with Crippen molar-refractivity contribution in [1.82, 2.24) is 19.6 Å². The van der Waals surface area contributed by atoms with Crippen molar-refractivity contribution in [3.05, 3.63) is 70.0 Å². The normalized spacial score (nSPS) is 19.7. The van der Waals surface area contributed by atoms with E-state index in [1.165, 1.54) is 17.0 Å². The maximum atomic E-state index is 14.0. The van der Waals surface area contributed by atoms with Gasteiger partial charge in [-0.05, 0) is 60.4 Å². The highest BCUT2D eigenvalue weighted by atomic mass is 31.2. The lowest BCUT2D eigenvalue weighted by atomic mass is 9.80. The number of aromatic nitrogens is 3. The van der Waals surface area contributed by atoms with Crippen molar-refractivity contribution in [2.24, 2.45) is 4.99 Å². The van der Waals surface area contributed by atoms with Crippen LogP contribution < -0.4 is 10.8 Å². The minimum atomic E-state index is -4.85. The number of hydrogen-bond acceptors (Lipinski definition) is 8. The molecule has 1 amide bonds. The predicted molar refractivity (Wildman–Crippen MR) is 142 cm³/mol. The summed E-state index contributed by atoms with van der Waals surface area (Å²) < 4.78 is 53.5. The van der Waals surface area contributed by atoms with Gasteiger partial charge in [-0.25, -0.2) is 4.98 Å². The van der Waals surface area contributed by atoms with E-state index >= 15 is 0 Å². The minimum absolute atomic E-state index is 0.0943. The second-order valence-corrected chi connectivity index (χ2v) is 12.1. The highest BCUT2D eigenvalue weighted by molar-refractivity contribution is 7.50. The van der Waals surface area contributed by atoms with Gasteiger partial charge in [-0.15, -0.1) is 0 Å². The summed E-state index contributed by atoms with van der Waals surface area (Å²) in [6.07, 6.45) is -1.59. The molecule has 0 unspecified atom stereocenters. The number of alkyl halides is 3. The van der Waals surface area contributed by atoms with Crippen LogP contribution in [-0.4, -0.2) is 58.8 Å². The molecule has 0 saturated heterocycles. The van der Waals surface area contributed by atoms with Crippen molar-refractivity contribution in [3.63, 3.8) is 0 Å². The van der Waals surface area contributed by atoms with Crippen LogP contribution in [-0.2, 0) is 23.4 Å². The minimum Gasteiger partial charge on any atom is -0.427 e. The fourth-order valence-corrected chi connectivity index (χ4v) is 6.02. The number of anilines is 2. The molecule has 5 N–H and O–H groups in total. The lowest BCUT2D eigenvalue weighted by molar-refractivity contribution is -0.137. The van der Waals surface area contributed by atoms with E-state index in [4.69, 9.17) is 9.79 Å². The number of carbonyl (C=O) groups excluding carboxylic acids is 1. The maximum absolute atomic E-state index is 14.0. The third-order valence-corrected chi connectivity index (χ3v) is 8.13. The third-order valence-electron chi connectivity index (χ3n) is 7.35. The zero-order valence-corrected chi connectivity index (χ0v) is 23.2. The summed E-state index contributed by atoms with van der Waals surface area (Å²) in [6.45, 7) is 0.295. The molecule has 0 radical (unpaired) electrons. The molecule has 42 heavy (non-hydrogen) atoms. The number of carbonyl (C=O) groups is 1. The van der Waals surface area contributed by atoms with Crippen LogP contribution in [0.4, 0.5) is 30.6 Å². The average molecular weight is 609 g/mol. The highest BCUT2D eigenvalue weighted by Crippen LogP contribution is 2.42. The smallest absolute Gasteiger partial charge is 0.421 e. The average Bonchev–Trinajstić information content (AvgIpc) is 3.19. The molecule has 2 aromatic heterocycles. The number of rotatable bonds is 6. The van der Waals surface area contributed by atoms with Crippen molar-refractivity contribution in [2.45, 2.75) is 56.6 Å². The first kappa shape index (κ1) is 29.7. The second kappa shape index (κ2) is 11.1. The van der Waals surface area contributed by atoms with E-state index in [2.05, 4.69) is 20.3 Å². The van der Waals surface area contributed by atoms with Crippen LogP contribution in [0.15, 0.2) is 41.7 Å². The van der Waals surface area contributed by atoms with Gasteiger partial charge in [-0.2, -0.15) is 27.9 Å². The van der Waals surface area contributed by atoms with Crippen LogP contribution in [0.3, 0.4) is 0 Å². The molecule has 16 heteroatoms. The standard InChI is InChI=1S/C26H28F3N6O6P/c1-34-12-18-17(15-3-5-16(36)6-4-15)7-8-20(22(18)24(34)37)31-23-19(26(27,28)29)10-30-25(33-23)32-21-9-2-14(11-35(21)38)13-42(39,40)41/h2,7-11,15-16,36,38H,3-6,12-13H2,1H3,(H,30,31,33)(H2,39,40,41). The number of amides is 1. The lowest BCUT2D eigenvalue weighted by Crippen LogP contribution is -2.19. The van der Waals surface area contributed by atoms with Crippen LogP contribution in [0.25, 0.3) is 0 Å². The molecule has 12 nitrogen and oxygen atoms in total. The quantitative estimate of drug-likeness (QED) is 0.206. The topological polar surface area (TPSA) is 173 Å². The molecule has 1 aliphatic carbocycles. The fourth-order valence-electron chi connectivity index (χ4n) is 5.36. The number of aliphatic hydroxyl groups is 1. The molecule has 1 aliphatic heterocycles. The maximum Gasteiger partial charge on any atom is 0.421 e. The van der Waals surface area contributed by atoms with E-state index in [9.17, 15) is 32.8 Å². The van der Waals surface area contributed by atoms with Crippen LogP contribution in [0, 0.1) is 0 Å². The largest absolute Gasteiger partial charge is 0.427 e. The van der Waals surface area contributed by atoms with Crippen molar-refractivity contribution >= 4 is 31.0 Å². The summed E-state index contributed by atoms with van der Waals surface area (Å²) in [5.74, 6) is -1.34. The molecule has 0 atom stereocenters. The van der Waals surface area contributed by atoms with Gasteiger partial charge in [0.15, 0.2) is 5.49 Å². The highest BCUT2D eigenvalue weighted by Gasteiger charge is 2.37. The molecule has 3 heterocycles. The molecular weight excluding hydrogens is 580 g/mol. The summed E-state index contributed by atoms with van der Waals surface area (Å²) >= 11 is 0. The number of pyridine rings is 1. The van der Waals surface area contributed by atoms with Gasteiger partial charge in [0.2, 0.25) is 0 Å². The summed E-state index contributed by atoms with van der Waals surface area (Å²) in [5, 5.41) is 22.8. The number of nitrogens with zero attached hydrogens (tertiary/aromatic N) is 5. The Balaban J connectivity index is 1.54. The third kappa shape index (κ3) is 6.33. The Hall–Kier alpha value is -3.78. The Morgan fingerprint density at radius 2 is 1.86 bits per heavy atom. The van der Waals surface area contributed by atoms with E-state index in [0.717, 1.165) is 30.2 Å². The molecule has 2 aliphatic rings. The summed E-state index contributed by atoms with van der Waals surface area (Å²) in [5.41, 5.74) is 0.718. The second-order valence-electron chi connectivity index (χ2n) is 10.5. The molecule has 1 fully saturated rings. The van der Waals surface area contributed by atoms with Crippen molar-refractivity contribution in [3.8, 4) is 0 Å². The summed E-state index contributed by atoms with van der Waals surface area (Å²) in [7, 11) is -2.80. The molecule has 0 bridgehead atoms. The Kier molecular flexibility index (Phi) is 7.88. The van der Waals surface area contributed by atoms with Crippen molar-refractivity contribution in [1.29, 1.82) is 0 Å². The SMILES string of the molecule is CN1Cc2c(C3CCC(O)CC3)ccc(Nc3nc(N=c4ccc(CP(=O)(O)O)cn4O)ncc3C(F)(F)F)c2C1=O. The van der Waals surface area contributed by atoms with E-state index in [1.807, 2.05) is 0 Å². The van der Waals surface area contributed by atoms with Crippen molar-refractivity contribution in [2.75, 3.05) is 12.4 Å². The number of benzene rings is 1. The first-order valence-corrected chi connectivity index (χ1v) is 14.8. The molecule has 224 valence electrons. The summed E-state index contributed by atoms with van der Waals surface area (Å²) in [4.78, 5) is 44.5. The first-order valence-electron chi connectivity index (χ1n) is 13.0. The van der Waals surface area contributed by atoms with E-state index in [0.29, 0.717) is 30.3 Å². The van der Waals surface area contributed by atoms with E-state index in [1.54, 1.807) is 19.2 Å². The number of nitrogens with one attached hydrogen (secondary N) is 1. The van der Waals surface area contributed by atoms with Gasteiger partial charge in [0.1, 0.15) is 11.4 Å². The van der Waals surface area contributed by atoms with Crippen LogP contribution in [0.5, 0.6) is 0 Å². The van der Waals surface area contributed by atoms with Gasteiger partial charge in [0, 0.05) is 26.0 Å². The molecule has 1 aromatic carbocycles. The monoisotopic (exact) mass is 608 g/mol. The van der Waals surface area contributed by atoms with Crippen LogP contribution >= 0.6 is 7.60 Å². The van der Waals surface area contributed by atoms with Gasteiger partial charge in [-0.3, -0.25) is 9.36 Å². The summed E-state index contributed by atoms with van der Waals surface area (Å²) in [6, 6.07) is 5.83. The lowest BCUT2D eigenvalue weighted by Gasteiger charge is -2.27. The van der Waals surface area contributed by atoms with E-state index in [-0.39, 0.29) is 40.2 Å². The Bertz CT molecular complexity index is 1650. The Labute approximate surface area is 237 Å². The molecule has 3 aromatic rings. The van der Waals surface area contributed by atoms with Gasteiger partial charge in [0.05, 0.1) is 23.5 Å². The number of halogens is 3. The Morgan fingerprint density at radius 3 is 2.50 bits per heavy atom.